The van der Waals surface area contributed by atoms with Crippen molar-refractivity contribution in [3.8, 4) is 0 Å². The van der Waals surface area contributed by atoms with Gasteiger partial charge < -0.3 is 9.74 Å². The van der Waals surface area contributed by atoms with E-state index in [2.05, 4.69) is 0 Å². The first-order valence-electron chi connectivity index (χ1n) is 7.40. The lowest BCUT2D eigenvalue weighted by Gasteiger charge is -2.10. The Kier molecular flexibility index (Phi) is 4.58. The molecule has 0 saturated carbocycles. The van der Waals surface area contributed by atoms with Gasteiger partial charge >= 0.3 is 11.7 Å². The molecule has 2 aromatic rings. The second kappa shape index (κ2) is 6.28. The number of carbonyl (C=O) groups excluding carboxylic acids is 2. The van der Waals surface area contributed by atoms with Gasteiger partial charge in [-0.05, 0) is 31.0 Å². The minimum absolute atomic E-state index is 0.109. The number of likely N-dealkylation sites (N-methyl/N-ethyl adjacent to an activating group) is 1. The van der Waals surface area contributed by atoms with Gasteiger partial charge in [0.25, 0.3) is 0 Å². The molecule has 0 aliphatic heterocycles. The predicted octanol–water partition coefficient (Wildman–Crippen LogP) is 0.873. The standard InChI is InChI=1S/C16H21N3O4/c1-6-14(21)23-19-15-11(3)7-10(2)8-12(15)18(16(19)22)9-13(20)17(4)5/h7-8H,6,9H2,1-5H3. The molecule has 0 aliphatic carbocycles. The Balaban J connectivity index is 2.71. The number of aromatic nitrogens is 2. The van der Waals surface area contributed by atoms with Crippen LogP contribution in [0.5, 0.6) is 0 Å². The van der Waals surface area contributed by atoms with Crippen LogP contribution in [-0.4, -0.2) is 40.2 Å². The summed E-state index contributed by atoms with van der Waals surface area (Å²) in [4.78, 5) is 42.9. The maximum Gasteiger partial charge on any atom is 0.363 e. The number of amides is 1. The SMILES string of the molecule is CCC(=O)On1c(=O)n(CC(=O)N(C)C)c2cc(C)cc(C)c21. The van der Waals surface area contributed by atoms with Crippen molar-refractivity contribution in [1.29, 1.82) is 0 Å². The minimum atomic E-state index is -0.536. The van der Waals surface area contributed by atoms with Crippen LogP contribution < -0.4 is 10.5 Å². The van der Waals surface area contributed by atoms with Gasteiger partial charge in [-0.25, -0.2) is 9.59 Å². The average Bonchev–Trinajstić information content (AvgIpc) is 2.72. The summed E-state index contributed by atoms with van der Waals surface area (Å²) >= 11 is 0. The van der Waals surface area contributed by atoms with E-state index in [4.69, 9.17) is 4.84 Å². The molecule has 0 radical (unpaired) electrons. The molecule has 0 unspecified atom stereocenters. The fraction of sp³-hybridized carbons (Fsp3) is 0.438. The number of nitrogens with zero attached hydrogens (tertiary/aromatic N) is 3. The number of hydrogen-bond donors (Lipinski definition) is 0. The maximum absolute atomic E-state index is 12.6. The van der Waals surface area contributed by atoms with Crippen LogP contribution in [0.2, 0.25) is 0 Å². The van der Waals surface area contributed by atoms with Crippen LogP contribution >= 0.6 is 0 Å². The van der Waals surface area contributed by atoms with Crippen molar-refractivity contribution in [2.75, 3.05) is 14.1 Å². The second-order valence-corrected chi connectivity index (χ2v) is 5.72. The summed E-state index contributed by atoms with van der Waals surface area (Å²) < 4.78 is 2.32. The van der Waals surface area contributed by atoms with Crippen LogP contribution in [0.1, 0.15) is 24.5 Å². The van der Waals surface area contributed by atoms with Crippen LogP contribution in [0.15, 0.2) is 16.9 Å². The predicted molar refractivity (Wildman–Crippen MR) is 86.2 cm³/mol. The van der Waals surface area contributed by atoms with E-state index in [1.807, 2.05) is 26.0 Å². The van der Waals surface area contributed by atoms with Gasteiger partial charge in [-0.15, -0.1) is 4.73 Å². The van der Waals surface area contributed by atoms with E-state index in [0.29, 0.717) is 11.0 Å². The van der Waals surface area contributed by atoms with Crippen molar-refractivity contribution in [3.63, 3.8) is 0 Å². The molecular formula is C16H21N3O4. The molecule has 2 rings (SSSR count). The zero-order chi connectivity index (χ0) is 17.3. The van der Waals surface area contributed by atoms with Crippen molar-refractivity contribution in [3.05, 3.63) is 33.7 Å². The molecule has 0 N–H and O–H groups in total. The maximum atomic E-state index is 12.6. The van der Waals surface area contributed by atoms with Gasteiger partial charge in [0.1, 0.15) is 12.1 Å². The lowest BCUT2D eigenvalue weighted by Crippen LogP contribution is -2.35. The monoisotopic (exact) mass is 319 g/mol. The van der Waals surface area contributed by atoms with Crippen molar-refractivity contribution in [1.82, 2.24) is 14.2 Å². The molecule has 0 spiro atoms. The molecule has 0 fully saturated rings. The molecule has 0 bridgehead atoms. The number of aryl methyl sites for hydroxylation is 2. The Morgan fingerprint density at radius 3 is 2.43 bits per heavy atom. The van der Waals surface area contributed by atoms with Gasteiger partial charge in [0, 0.05) is 20.5 Å². The lowest BCUT2D eigenvalue weighted by atomic mass is 10.1. The highest BCUT2D eigenvalue weighted by molar-refractivity contribution is 5.84. The van der Waals surface area contributed by atoms with Crippen molar-refractivity contribution >= 4 is 22.9 Å². The fourth-order valence-electron chi connectivity index (χ4n) is 2.40. The van der Waals surface area contributed by atoms with Crippen molar-refractivity contribution < 1.29 is 14.4 Å². The summed E-state index contributed by atoms with van der Waals surface area (Å²) in [6.45, 7) is 5.29. The van der Waals surface area contributed by atoms with Gasteiger partial charge in [0.2, 0.25) is 5.91 Å². The first-order chi connectivity index (χ1) is 10.8. The first-order valence-corrected chi connectivity index (χ1v) is 7.40. The largest absolute Gasteiger partial charge is 0.363 e. The Labute approximate surface area is 134 Å². The summed E-state index contributed by atoms with van der Waals surface area (Å²) in [5.41, 5.74) is 2.31. The molecule has 0 saturated heterocycles. The van der Waals surface area contributed by atoms with E-state index < -0.39 is 11.7 Å². The van der Waals surface area contributed by atoms with Crippen molar-refractivity contribution in [2.45, 2.75) is 33.7 Å². The van der Waals surface area contributed by atoms with E-state index in [1.54, 1.807) is 21.0 Å². The average molecular weight is 319 g/mol. The molecule has 1 aromatic heterocycles. The van der Waals surface area contributed by atoms with Crippen LogP contribution in [0.25, 0.3) is 11.0 Å². The van der Waals surface area contributed by atoms with E-state index in [9.17, 15) is 14.4 Å². The number of rotatable bonds is 4. The number of carbonyl (C=O) groups is 2. The number of imidazole rings is 1. The van der Waals surface area contributed by atoms with E-state index >= 15 is 0 Å². The Bertz CT molecular complexity index is 830. The zero-order valence-electron chi connectivity index (χ0n) is 14.0. The molecule has 124 valence electrons. The number of benzene rings is 1. The molecule has 0 atom stereocenters. The van der Waals surface area contributed by atoms with Crippen LogP contribution in [0.4, 0.5) is 0 Å². The smallest absolute Gasteiger partial charge is 0.347 e. The quantitative estimate of drug-likeness (QED) is 0.838. The highest BCUT2D eigenvalue weighted by atomic mass is 16.7. The van der Waals surface area contributed by atoms with Crippen molar-refractivity contribution in [2.24, 2.45) is 0 Å². The Morgan fingerprint density at radius 2 is 1.87 bits per heavy atom. The van der Waals surface area contributed by atoms with E-state index in [0.717, 1.165) is 15.9 Å². The highest BCUT2D eigenvalue weighted by Crippen LogP contribution is 2.19. The second-order valence-electron chi connectivity index (χ2n) is 5.72. The molecular weight excluding hydrogens is 298 g/mol. The van der Waals surface area contributed by atoms with Crippen LogP contribution in [0.3, 0.4) is 0 Å². The van der Waals surface area contributed by atoms with Gasteiger partial charge in [-0.3, -0.25) is 9.36 Å². The molecule has 1 heterocycles. The Hall–Kier alpha value is -2.57. The normalized spacial score (nSPS) is 10.8. The lowest BCUT2D eigenvalue weighted by molar-refractivity contribution is -0.143. The topological polar surface area (TPSA) is 73.5 Å². The summed E-state index contributed by atoms with van der Waals surface area (Å²) in [5.74, 6) is -0.725. The van der Waals surface area contributed by atoms with Crippen LogP contribution in [0, 0.1) is 13.8 Å². The van der Waals surface area contributed by atoms with E-state index in [-0.39, 0.29) is 18.9 Å². The summed E-state index contributed by atoms with van der Waals surface area (Å²) in [6, 6.07) is 3.71. The third-order valence-electron chi connectivity index (χ3n) is 3.60. The van der Waals surface area contributed by atoms with E-state index in [1.165, 1.54) is 9.47 Å². The molecule has 1 aromatic carbocycles. The fourth-order valence-corrected chi connectivity index (χ4v) is 2.40. The first kappa shape index (κ1) is 16.8. The minimum Gasteiger partial charge on any atom is -0.347 e. The summed E-state index contributed by atoms with van der Waals surface area (Å²) in [5, 5.41) is 0. The third kappa shape index (κ3) is 3.13. The van der Waals surface area contributed by atoms with Crippen LogP contribution in [-0.2, 0) is 16.1 Å². The number of hydrogen-bond acceptors (Lipinski definition) is 4. The number of fused-ring (bicyclic) bond motifs is 1. The van der Waals surface area contributed by atoms with Gasteiger partial charge in [-0.1, -0.05) is 13.0 Å². The summed E-state index contributed by atoms with van der Waals surface area (Å²) in [6.07, 6.45) is 0.153. The third-order valence-corrected chi connectivity index (χ3v) is 3.60. The Morgan fingerprint density at radius 1 is 1.22 bits per heavy atom. The molecule has 7 nitrogen and oxygen atoms in total. The van der Waals surface area contributed by atoms with Gasteiger partial charge in [-0.2, -0.15) is 0 Å². The summed E-state index contributed by atoms with van der Waals surface area (Å²) in [7, 11) is 3.25. The molecule has 1 amide bonds. The highest BCUT2D eigenvalue weighted by Gasteiger charge is 2.20. The van der Waals surface area contributed by atoms with Gasteiger partial charge in [0.05, 0.1) is 5.52 Å². The zero-order valence-corrected chi connectivity index (χ0v) is 14.0. The molecule has 7 heteroatoms. The van der Waals surface area contributed by atoms with Gasteiger partial charge in [0.15, 0.2) is 0 Å². The molecule has 23 heavy (non-hydrogen) atoms. The molecule has 0 aliphatic rings.